The molecule has 90 valence electrons. The van der Waals surface area contributed by atoms with Crippen molar-refractivity contribution in [2.24, 2.45) is 5.92 Å². The summed E-state index contributed by atoms with van der Waals surface area (Å²) in [5, 5.41) is 5.87. The van der Waals surface area contributed by atoms with Crippen LogP contribution in [-0.4, -0.2) is 38.8 Å². The Hall–Kier alpha value is -0.610. The summed E-state index contributed by atoms with van der Waals surface area (Å²) in [5.41, 5.74) is 0. The van der Waals surface area contributed by atoms with Crippen LogP contribution >= 0.6 is 0 Å². The molecule has 0 aromatic rings. The third-order valence-electron chi connectivity index (χ3n) is 1.76. The minimum atomic E-state index is 0.0548. The molecule has 0 aliphatic heterocycles. The maximum atomic E-state index is 11.2. The highest BCUT2D eigenvalue weighted by Gasteiger charge is 2.00. The molecule has 0 heterocycles. The number of hydrogen-bond acceptors (Lipinski definition) is 3. The van der Waals surface area contributed by atoms with Gasteiger partial charge in [-0.1, -0.05) is 20.8 Å². The quantitative estimate of drug-likeness (QED) is 0.560. The molecule has 0 aliphatic carbocycles. The standard InChI is InChI=1S/C11H24N2O2/c1-4-6-15-7-5-12-9-11(14)13-8-10(2)3/h10,12H,4-9H2,1-3H3,(H,13,14). The topological polar surface area (TPSA) is 50.4 Å². The van der Waals surface area contributed by atoms with Crippen LogP contribution in [0.25, 0.3) is 0 Å². The van der Waals surface area contributed by atoms with Crippen LogP contribution < -0.4 is 10.6 Å². The monoisotopic (exact) mass is 216 g/mol. The van der Waals surface area contributed by atoms with Crippen molar-refractivity contribution in [3.8, 4) is 0 Å². The summed E-state index contributed by atoms with van der Waals surface area (Å²) in [6, 6.07) is 0. The highest BCUT2D eigenvalue weighted by molar-refractivity contribution is 5.77. The van der Waals surface area contributed by atoms with Gasteiger partial charge < -0.3 is 15.4 Å². The van der Waals surface area contributed by atoms with Crippen LogP contribution in [0.15, 0.2) is 0 Å². The van der Waals surface area contributed by atoms with E-state index in [0.29, 0.717) is 19.1 Å². The highest BCUT2D eigenvalue weighted by Crippen LogP contribution is 1.86. The van der Waals surface area contributed by atoms with Gasteiger partial charge >= 0.3 is 0 Å². The molecule has 0 radical (unpaired) electrons. The maximum absolute atomic E-state index is 11.2. The molecule has 0 rings (SSSR count). The number of carbonyl (C=O) groups excluding carboxylic acids is 1. The van der Waals surface area contributed by atoms with Gasteiger partial charge in [0.05, 0.1) is 13.2 Å². The van der Waals surface area contributed by atoms with Crippen molar-refractivity contribution >= 4 is 5.91 Å². The third-order valence-corrected chi connectivity index (χ3v) is 1.76. The smallest absolute Gasteiger partial charge is 0.233 e. The van der Waals surface area contributed by atoms with Gasteiger partial charge in [-0.3, -0.25) is 4.79 Å². The van der Waals surface area contributed by atoms with Crippen molar-refractivity contribution in [1.82, 2.24) is 10.6 Å². The van der Waals surface area contributed by atoms with E-state index in [1.54, 1.807) is 0 Å². The summed E-state index contributed by atoms with van der Waals surface area (Å²) in [7, 11) is 0. The molecule has 1 amide bonds. The fraction of sp³-hybridized carbons (Fsp3) is 0.909. The van der Waals surface area contributed by atoms with E-state index in [1.807, 2.05) is 0 Å². The van der Waals surface area contributed by atoms with E-state index in [9.17, 15) is 4.79 Å². The Labute approximate surface area is 92.8 Å². The normalized spacial score (nSPS) is 10.7. The lowest BCUT2D eigenvalue weighted by Gasteiger charge is -2.08. The van der Waals surface area contributed by atoms with Crippen LogP contribution in [0.1, 0.15) is 27.2 Å². The van der Waals surface area contributed by atoms with Gasteiger partial charge in [0.1, 0.15) is 0 Å². The lowest BCUT2D eigenvalue weighted by molar-refractivity contribution is -0.120. The van der Waals surface area contributed by atoms with Gasteiger partial charge in [-0.2, -0.15) is 0 Å². The summed E-state index contributed by atoms with van der Waals surface area (Å²) in [5.74, 6) is 0.557. The van der Waals surface area contributed by atoms with E-state index in [4.69, 9.17) is 4.74 Å². The SMILES string of the molecule is CCCOCCNCC(=O)NCC(C)C. The first-order valence-electron chi connectivity index (χ1n) is 5.72. The largest absolute Gasteiger partial charge is 0.380 e. The first-order valence-corrected chi connectivity index (χ1v) is 5.72. The molecule has 4 nitrogen and oxygen atoms in total. The van der Waals surface area contributed by atoms with Crippen LogP contribution in [0, 0.1) is 5.92 Å². The summed E-state index contributed by atoms with van der Waals surface area (Å²) >= 11 is 0. The zero-order chi connectivity index (χ0) is 11.5. The number of rotatable bonds is 9. The molecule has 0 saturated heterocycles. The van der Waals surface area contributed by atoms with Gasteiger partial charge in [-0.15, -0.1) is 0 Å². The summed E-state index contributed by atoms with van der Waals surface area (Å²) in [4.78, 5) is 11.2. The third kappa shape index (κ3) is 11.3. The molecular weight excluding hydrogens is 192 g/mol. The first kappa shape index (κ1) is 14.4. The summed E-state index contributed by atoms with van der Waals surface area (Å²) in [6.45, 7) is 9.54. The van der Waals surface area contributed by atoms with Crippen LogP contribution in [0.4, 0.5) is 0 Å². The second-order valence-corrected chi connectivity index (χ2v) is 3.99. The second-order valence-electron chi connectivity index (χ2n) is 3.99. The molecule has 0 aromatic carbocycles. The average molecular weight is 216 g/mol. The minimum absolute atomic E-state index is 0.0548. The summed E-state index contributed by atoms with van der Waals surface area (Å²) < 4.78 is 5.27. The Morgan fingerprint density at radius 1 is 1.33 bits per heavy atom. The van der Waals surface area contributed by atoms with Crippen LogP contribution in [0.3, 0.4) is 0 Å². The predicted octanol–water partition coefficient (Wildman–Crippen LogP) is 0.775. The number of ether oxygens (including phenoxy) is 1. The van der Waals surface area contributed by atoms with Gasteiger partial charge in [-0.05, 0) is 12.3 Å². The maximum Gasteiger partial charge on any atom is 0.233 e. The second kappa shape index (κ2) is 9.93. The molecule has 0 unspecified atom stereocenters. The predicted molar refractivity (Wildman–Crippen MR) is 61.8 cm³/mol. The molecule has 0 fully saturated rings. The number of amides is 1. The van der Waals surface area contributed by atoms with Crippen molar-refractivity contribution < 1.29 is 9.53 Å². The minimum Gasteiger partial charge on any atom is -0.380 e. The Morgan fingerprint density at radius 2 is 2.07 bits per heavy atom. The molecule has 2 N–H and O–H groups in total. The van der Waals surface area contributed by atoms with Gasteiger partial charge in [0.15, 0.2) is 0 Å². The highest BCUT2D eigenvalue weighted by atomic mass is 16.5. The molecule has 0 spiro atoms. The van der Waals surface area contributed by atoms with Crippen molar-refractivity contribution in [2.75, 3.05) is 32.8 Å². The van der Waals surface area contributed by atoms with E-state index < -0.39 is 0 Å². The first-order chi connectivity index (χ1) is 7.16. The van der Waals surface area contributed by atoms with Crippen molar-refractivity contribution in [1.29, 1.82) is 0 Å². The molecule has 0 bridgehead atoms. The molecule has 0 atom stereocenters. The number of hydrogen-bond donors (Lipinski definition) is 2. The molecular formula is C11H24N2O2. The Balaban J connectivity index is 3.17. The van der Waals surface area contributed by atoms with Crippen molar-refractivity contribution in [3.05, 3.63) is 0 Å². The van der Waals surface area contributed by atoms with Crippen LogP contribution in [0.5, 0.6) is 0 Å². The van der Waals surface area contributed by atoms with E-state index >= 15 is 0 Å². The van der Waals surface area contributed by atoms with Gasteiger partial charge in [0, 0.05) is 19.7 Å². The van der Waals surface area contributed by atoms with E-state index in [1.165, 1.54) is 0 Å². The van der Waals surface area contributed by atoms with Crippen molar-refractivity contribution in [2.45, 2.75) is 27.2 Å². The Kier molecular flexibility index (Phi) is 9.52. The van der Waals surface area contributed by atoms with Gasteiger partial charge in [0.25, 0.3) is 0 Å². The zero-order valence-corrected chi connectivity index (χ0v) is 10.1. The molecule has 0 aromatic heterocycles. The van der Waals surface area contributed by atoms with Gasteiger partial charge in [0.2, 0.25) is 5.91 Å². The Morgan fingerprint density at radius 3 is 2.67 bits per heavy atom. The fourth-order valence-electron chi connectivity index (χ4n) is 0.973. The molecule has 0 saturated carbocycles. The van der Waals surface area contributed by atoms with Crippen molar-refractivity contribution in [3.63, 3.8) is 0 Å². The van der Waals surface area contributed by atoms with Gasteiger partial charge in [-0.25, -0.2) is 0 Å². The lowest BCUT2D eigenvalue weighted by atomic mass is 10.2. The van der Waals surface area contributed by atoms with Crippen LogP contribution in [-0.2, 0) is 9.53 Å². The number of nitrogens with one attached hydrogen (secondary N) is 2. The summed E-state index contributed by atoms with van der Waals surface area (Å²) in [6.07, 6.45) is 1.04. The average Bonchev–Trinajstić information content (AvgIpc) is 2.20. The fourth-order valence-corrected chi connectivity index (χ4v) is 0.973. The molecule has 15 heavy (non-hydrogen) atoms. The lowest BCUT2D eigenvalue weighted by Crippen LogP contribution is -2.36. The molecule has 4 heteroatoms. The number of carbonyl (C=O) groups is 1. The van der Waals surface area contributed by atoms with E-state index in [2.05, 4.69) is 31.4 Å². The zero-order valence-electron chi connectivity index (χ0n) is 10.1. The molecule has 0 aliphatic rings. The van der Waals surface area contributed by atoms with E-state index in [-0.39, 0.29) is 5.91 Å². The van der Waals surface area contributed by atoms with Crippen LogP contribution in [0.2, 0.25) is 0 Å². The van der Waals surface area contributed by atoms with E-state index in [0.717, 1.165) is 26.1 Å². The Bertz CT molecular complexity index is 161.